The van der Waals surface area contributed by atoms with Gasteiger partial charge in [-0.1, -0.05) is 23.4 Å². The van der Waals surface area contributed by atoms with Crippen molar-refractivity contribution in [2.24, 2.45) is 5.10 Å². The average Bonchev–Trinajstić information content (AvgIpc) is 3.10. The van der Waals surface area contributed by atoms with Gasteiger partial charge >= 0.3 is 0 Å². The number of aromatic nitrogens is 3. The van der Waals surface area contributed by atoms with Gasteiger partial charge in [0.1, 0.15) is 11.4 Å². The van der Waals surface area contributed by atoms with E-state index in [1.54, 1.807) is 11.8 Å². The van der Waals surface area contributed by atoms with E-state index in [-0.39, 0.29) is 0 Å². The molecule has 4 rings (SSSR count). The van der Waals surface area contributed by atoms with Crippen LogP contribution < -0.4 is 20.8 Å². The molecule has 0 radical (unpaired) electrons. The van der Waals surface area contributed by atoms with E-state index in [0.717, 1.165) is 27.7 Å². The SMILES string of the molecule is COc1ccc(-n2cc(CN3C=c4ccccc4=NN3)nn2)cc1. The summed E-state index contributed by atoms with van der Waals surface area (Å²) in [7, 11) is 1.65. The van der Waals surface area contributed by atoms with Crippen molar-refractivity contribution in [2.75, 3.05) is 7.11 Å². The molecule has 2 aromatic carbocycles. The summed E-state index contributed by atoms with van der Waals surface area (Å²) >= 11 is 0. The maximum absolute atomic E-state index is 5.16. The van der Waals surface area contributed by atoms with Gasteiger partial charge in [-0.25, -0.2) is 10.2 Å². The van der Waals surface area contributed by atoms with Gasteiger partial charge in [0.25, 0.3) is 0 Å². The van der Waals surface area contributed by atoms with Gasteiger partial charge in [-0.15, -0.1) is 5.10 Å². The Hall–Kier alpha value is -3.35. The highest BCUT2D eigenvalue weighted by molar-refractivity contribution is 5.36. The summed E-state index contributed by atoms with van der Waals surface area (Å²) in [5.41, 5.74) is 4.76. The van der Waals surface area contributed by atoms with E-state index in [4.69, 9.17) is 4.74 Å². The molecule has 0 unspecified atom stereocenters. The number of hydrogen-bond acceptors (Lipinski definition) is 6. The predicted molar refractivity (Wildman–Crippen MR) is 88.3 cm³/mol. The number of nitrogens with one attached hydrogen (secondary N) is 1. The van der Waals surface area contributed by atoms with Crippen molar-refractivity contribution in [1.29, 1.82) is 0 Å². The van der Waals surface area contributed by atoms with Crippen LogP contribution in [0.5, 0.6) is 5.75 Å². The molecule has 0 saturated heterocycles. The molecule has 1 aliphatic heterocycles. The first kappa shape index (κ1) is 14.3. The maximum atomic E-state index is 5.16. The van der Waals surface area contributed by atoms with Crippen molar-refractivity contribution >= 4 is 6.20 Å². The van der Waals surface area contributed by atoms with Gasteiger partial charge in [0.05, 0.1) is 30.9 Å². The number of rotatable bonds is 4. The summed E-state index contributed by atoms with van der Waals surface area (Å²) < 4.78 is 6.90. The third-order valence-electron chi connectivity index (χ3n) is 3.74. The number of hydrogen-bond donors (Lipinski definition) is 1. The summed E-state index contributed by atoms with van der Waals surface area (Å²) in [6.07, 6.45) is 3.91. The highest BCUT2D eigenvalue weighted by Crippen LogP contribution is 2.14. The first-order valence-corrected chi connectivity index (χ1v) is 7.54. The lowest BCUT2D eigenvalue weighted by Gasteiger charge is -2.20. The van der Waals surface area contributed by atoms with Gasteiger partial charge in [0.15, 0.2) is 0 Å². The third kappa shape index (κ3) is 2.79. The van der Waals surface area contributed by atoms with Crippen molar-refractivity contribution in [2.45, 2.75) is 6.54 Å². The Morgan fingerprint density at radius 2 is 1.92 bits per heavy atom. The monoisotopic (exact) mass is 320 g/mol. The number of nitrogens with zero attached hydrogens (tertiary/aromatic N) is 5. The summed E-state index contributed by atoms with van der Waals surface area (Å²) in [4.78, 5) is 0. The van der Waals surface area contributed by atoms with Crippen LogP contribution in [-0.4, -0.2) is 27.1 Å². The molecule has 1 N–H and O–H groups in total. The van der Waals surface area contributed by atoms with Crippen LogP contribution in [0.2, 0.25) is 0 Å². The lowest BCUT2D eigenvalue weighted by molar-refractivity contribution is 0.285. The molecule has 1 aromatic heterocycles. The molecule has 0 spiro atoms. The number of hydrazine groups is 1. The van der Waals surface area contributed by atoms with Crippen LogP contribution >= 0.6 is 0 Å². The number of methoxy groups -OCH3 is 1. The summed E-state index contributed by atoms with van der Waals surface area (Å²) in [5.74, 6) is 0.812. The summed E-state index contributed by atoms with van der Waals surface area (Å²) in [5, 5.41) is 16.6. The zero-order valence-corrected chi connectivity index (χ0v) is 13.1. The van der Waals surface area contributed by atoms with Crippen LogP contribution in [0.25, 0.3) is 11.9 Å². The lowest BCUT2D eigenvalue weighted by atomic mass is 10.3. The topological polar surface area (TPSA) is 67.6 Å². The van der Waals surface area contributed by atoms with Crippen molar-refractivity contribution in [1.82, 2.24) is 25.5 Å². The molecule has 1 aliphatic rings. The van der Waals surface area contributed by atoms with Gasteiger partial charge in [-0.05, 0) is 30.3 Å². The Bertz CT molecular complexity index is 963. The fourth-order valence-corrected chi connectivity index (χ4v) is 2.50. The smallest absolute Gasteiger partial charge is 0.119 e. The van der Waals surface area contributed by atoms with Crippen LogP contribution in [-0.2, 0) is 6.54 Å². The second-order valence-electron chi connectivity index (χ2n) is 5.38. The standard InChI is InChI=1S/C17H16N6O/c1-24-16-8-6-15(7-9-16)23-12-14(18-21-23)11-22-10-13-4-2-3-5-17(13)19-20-22/h2-10,12,20H,11H2,1H3. The molecule has 120 valence electrons. The van der Waals surface area contributed by atoms with E-state index in [1.165, 1.54) is 0 Å². The third-order valence-corrected chi connectivity index (χ3v) is 3.74. The minimum absolute atomic E-state index is 0.563. The highest BCUT2D eigenvalue weighted by atomic mass is 16.5. The van der Waals surface area contributed by atoms with Gasteiger partial charge in [0, 0.05) is 11.4 Å². The lowest BCUT2D eigenvalue weighted by Crippen LogP contribution is -2.41. The minimum atomic E-state index is 0.563. The fourth-order valence-electron chi connectivity index (χ4n) is 2.50. The summed E-state index contributed by atoms with van der Waals surface area (Å²) in [6, 6.07) is 15.6. The number of benzene rings is 2. The number of fused-ring (bicyclic) bond motifs is 1. The number of ether oxygens (including phenoxy) is 1. The zero-order chi connectivity index (χ0) is 16.4. The van der Waals surface area contributed by atoms with Crippen LogP contribution in [0, 0.1) is 0 Å². The van der Waals surface area contributed by atoms with E-state index in [2.05, 4.69) is 20.9 Å². The van der Waals surface area contributed by atoms with Gasteiger partial charge in [-0.3, -0.25) is 5.01 Å². The van der Waals surface area contributed by atoms with E-state index < -0.39 is 0 Å². The molecule has 0 amide bonds. The molecule has 0 saturated carbocycles. The van der Waals surface area contributed by atoms with Crippen molar-refractivity contribution in [3.05, 3.63) is 71.0 Å². The van der Waals surface area contributed by atoms with Crippen molar-refractivity contribution < 1.29 is 4.74 Å². The molecule has 0 fully saturated rings. The largest absolute Gasteiger partial charge is 0.497 e. The Morgan fingerprint density at radius 1 is 1.08 bits per heavy atom. The van der Waals surface area contributed by atoms with Gasteiger partial charge < -0.3 is 4.74 Å². The Balaban J connectivity index is 1.52. The van der Waals surface area contributed by atoms with Gasteiger partial charge in [-0.2, -0.15) is 5.10 Å². The Labute approximate surface area is 138 Å². The average molecular weight is 320 g/mol. The van der Waals surface area contributed by atoms with Crippen LogP contribution in [0.15, 0.2) is 59.8 Å². The normalized spacial score (nSPS) is 12.6. The molecular weight excluding hydrogens is 304 g/mol. The van der Waals surface area contributed by atoms with Crippen LogP contribution in [0.1, 0.15) is 5.69 Å². The summed E-state index contributed by atoms with van der Waals surface area (Å²) in [6.45, 7) is 0.563. The van der Waals surface area contributed by atoms with Crippen molar-refractivity contribution in [3.8, 4) is 11.4 Å². The van der Waals surface area contributed by atoms with Crippen LogP contribution in [0.4, 0.5) is 0 Å². The molecule has 2 heterocycles. The highest BCUT2D eigenvalue weighted by Gasteiger charge is 2.08. The molecule has 3 aromatic rings. The van der Waals surface area contributed by atoms with E-state index in [0.29, 0.717) is 6.54 Å². The first-order valence-electron chi connectivity index (χ1n) is 7.54. The maximum Gasteiger partial charge on any atom is 0.119 e. The second kappa shape index (κ2) is 6.04. The molecule has 24 heavy (non-hydrogen) atoms. The van der Waals surface area contributed by atoms with E-state index in [1.807, 2.05) is 65.9 Å². The Morgan fingerprint density at radius 3 is 2.75 bits per heavy atom. The number of para-hydroxylation sites is 1. The molecular formula is C17H16N6O. The van der Waals surface area contributed by atoms with E-state index in [9.17, 15) is 0 Å². The van der Waals surface area contributed by atoms with Crippen molar-refractivity contribution in [3.63, 3.8) is 0 Å². The molecule has 0 atom stereocenters. The minimum Gasteiger partial charge on any atom is -0.497 e. The molecule has 7 heteroatoms. The quantitative estimate of drug-likeness (QED) is 0.761. The van der Waals surface area contributed by atoms with Crippen LogP contribution in [0.3, 0.4) is 0 Å². The van der Waals surface area contributed by atoms with E-state index >= 15 is 0 Å². The Kier molecular flexibility index (Phi) is 3.59. The molecule has 7 nitrogen and oxygen atoms in total. The molecule has 0 aliphatic carbocycles. The first-order chi connectivity index (χ1) is 11.8. The van der Waals surface area contributed by atoms with Gasteiger partial charge in [0.2, 0.25) is 0 Å². The molecule has 0 bridgehead atoms. The fraction of sp³-hybridized carbons (Fsp3) is 0.118. The second-order valence-corrected chi connectivity index (χ2v) is 5.38. The zero-order valence-electron chi connectivity index (χ0n) is 13.1. The predicted octanol–water partition coefficient (Wildman–Crippen LogP) is 0.569.